The van der Waals surface area contributed by atoms with Gasteiger partial charge in [0.05, 0.1) is 23.2 Å². The molecule has 0 aliphatic heterocycles. The molecular weight excluding hydrogens is 286 g/mol. The summed E-state index contributed by atoms with van der Waals surface area (Å²) in [5.41, 5.74) is 0.342. The zero-order chi connectivity index (χ0) is 16.1. The molecule has 0 fully saturated rings. The molecule has 1 N–H and O–H groups in total. The lowest BCUT2D eigenvalue weighted by atomic mass is 10.0. The summed E-state index contributed by atoms with van der Waals surface area (Å²) in [7, 11) is 1.43. The number of ether oxygens (including phenoxy) is 1. The summed E-state index contributed by atoms with van der Waals surface area (Å²) in [6.45, 7) is 0. The van der Waals surface area contributed by atoms with E-state index in [9.17, 15) is 20.0 Å². The van der Waals surface area contributed by atoms with E-state index < -0.39 is 10.9 Å². The number of hydrogen-bond donors (Lipinski definition) is 1. The molecule has 0 aromatic heterocycles. The van der Waals surface area contributed by atoms with Gasteiger partial charge in [-0.25, -0.2) is 4.79 Å². The van der Waals surface area contributed by atoms with Gasteiger partial charge in [-0.2, -0.15) is 0 Å². The molecule has 0 aliphatic rings. The van der Waals surface area contributed by atoms with Gasteiger partial charge < -0.3 is 9.84 Å². The van der Waals surface area contributed by atoms with Crippen molar-refractivity contribution in [1.82, 2.24) is 0 Å². The number of nitro benzene ring substituents is 1. The van der Waals surface area contributed by atoms with Gasteiger partial charge in [-0.15, -0.1) is 0 Å². The first-order valence-electron chi connectivity index (χ1n) is 6.36. The SMILES string of the molecule is COc1ccccc1/C(=C\c1ccccc1[N+](=O)[O-])C(=O)O. The lowest BCUT2D eigenvalue weighted by Crippen LogP contribution is -2.02. The predicted octanol–water partition coefficient (Wildman–Crippen LogP) is 3.23. The Hall–Kier alpha value is -3.15. The second-order valence-electron chi connectivity index (χ2n) is 4.38. The van der Waals surface area contributed by atoms with Crippen molar-refractivity contribution in [2.24, 2.45) is 0 Å². The number of nitrogens with zero attached hydrogens (tertiary/aromatic N) is 1. The molecule has 0 amide bonds. The van der Waals surface area contributed by atoms with E-state index in [0.29, 0.717) is 11.3 Å². The predicted molar refractivity (Wildman–Crippen MR) is 81.6 cm³/mol. The summed E-state index contributed by atoms with van der Waals surface area (Å²) in [5, 5.41) is 20.5. The van der Waals surface area contributed by atoms with Crippen molar-refractivity contribution < 1.29 is 19.6 Å². The first kappa shape index (κ1) is 15.2. The van der Waals surface area contributed by atoms with Crippen LogP contribution in [-0.4, -0.2) is 23.1 Å². The maximum atomic E-state index is 11.6. The van der Waals surface area contributed by atoms with E-state index in [0.717, 1.165) is 0 Å². The molecule has 0 bridgehead atoms. The molecule has 2 aromatic carbocycles. The van der Waals surface area contributed by atoms with E-state index in [2.05, 4.69) is 0 Å². The summed E-state index contributed by atoms with van der Waals surface area (Å²) in [4.78, 5) is 22.0. The van der Waals surface area contributed by atoms with Crippen LogP contribution in [0, 0.1) is 10.1 Å². The molecular formula is C16H13NO5. The van der Waals surface area contributed by atoms with Crippen LogP contribution in [0.25, 0.3) is 11.6 Å². The minimum absolute atomic E-state index is 0.0771. The van der Waals surface area contributed by atoms with Crippen molar-refractivity contribution in [3.05, 3.63) is 69.8 Å². The van der Waals surface area contributed by atoms with Gasteiger partial charge in [0.25, 0.3) is 5.69 Å². The average molecular weight is 299 g/mol. The highest BCUT2D eigenvalue weighted by Gasteiger charge is 2.18. The molecule has 0 radical (unpaired) electrons. The largest absolute Gasteiger partial charge is 0.496 e. The summed E-state index contributed by atoms with van der Waals surface area (Å²) in [5.74, 6) is -0.808. The maximum Gasteiger partial charge on any atom is 0.336 e. The smallest absolute Gasteiger partial charge is 0.336 e. The fraction of sp³-hybridized carbons (Fsp3) is 0.0625. The van der Waals surface area contributed by atoms with E-state index in [4.69, 9.17) is 4.74 Å². The molecule has 2 aromatic rings. The Morgan fingerprint density at radius 1 is 1.18 bits per heavy atom. The molecule has 112 valence electrons. The number of aliphatic carboxylic acids is 1. The topological polar surface area (TPSA) is 89.7 Å². The van der Waals surface area contributed by atoms with Gasteiger partial charge in [-0.3, -0.25) is 10.1 Å². The van der Waals surface area contributed by atoms with E-state index in [-0.39, 0.29) is 16.8 Å². The first-order chi connectivity index (χ1) is 10.5. The Morgan fingerprint density at radius 2 is 1.82 bits per heavy atom. The number of methoxy groups -OCH3 is 1. The summed E-state index contributed by atoms with van der Waals surface area (Å²) in [6, 6.07) is 12.6. The van der Waals surface area contributed by atoms with Gasteiger partial charge in [0.15, 0.2) is 0 Å². The van der Waals surface area contributed by atoms with Crippen molar-refractivity contribution >= 4 is 23.3 Å². The lowest BCUT2D eigenvalue weighted by Gasteiger charge is -2.09. The molecule has 0 atom stereocenters. The molecule has 6 nitrogen and oxygen atoms in total. The van der Waals surface area contributed by atoms with Crippen LogP contribution >= 0.6 is 0 Å². The van der Waals surface area contributed by atoms with Gasteiger partial charge in [-0.1, -0.05) is 30.3 Å². The summed E-state index contributed by atoms with van der Waals surface area (Å²) >= 11 is 0. The number of carboxylic acid groups (broad SMARTS) is 1. The molecule has 0 heterocycles. The highest BCUT2D eigenvalue weighted by Crippen LogP contribution is 2.30. The van der Waals surface area contributed by atoms with E-state index in [1.807, 2.05) is 0 Å². The van der Waals surface area contributed by atoms with Crippen LogP contribution in [0.2, 0.25) is 0 Å². The average Bonchev–Trinajstić information content (AvgIpc) is 2.52. The minimum atomic E-state index is -1.19. The van der Waals surface area contributed by atoms with Gasteiger partial charge in [-0.05, 0) is 18.2 Å². The van der Waals surface area contributed by atoms with E-state index in [1.165, 1.54) is 31.4 Å². The highest BCUT2D eigenvalue weighted by molar-refractivity contribution is 6.21. The number of benzene rings is 2. The molecule has 22 heavy (non-hydrogen) atoms. The van der Waals surface area contributed by atoms with Crippen LogP contribution in [0.3, 0.4) is 0 Å². The van der Waals surface area contributed by atoms with Crippen LogP contribution < -0.4 is 4.74 Å². The summed E-state index contributed by atoms with van der Waals surface area (Å²) < 4.78 is 5.15. The molecule has 6 heteroatoms. The fourth-order valence-electron chi connectivity index (χ4n) is 2.05. The zero-order valence-electron chi connectivity index (χ0n) is 11.7. The third-order valence-electron chi connectivity index (χ3n) is 3.06. The Morgan fingerprint density at radius 3 is 2.45 bits per heavy atom. The molecule has 0 spiro atoms. The monoisotopic (exact) mass is 299 g/mol. The van der Waals surface area contributed by atoms with Crippen molar-refractivity contribution in [3.63, 3.8) is 0 Å². The van der Waals surface area contributed by atoms with Crippen LogP contribution in [0.1, 0.15) is 11.1 Å². The Labute approximate surface area is 126 Å². The normalized spacial score (nSPS) is 11.0. The minimum Gasteiger partial charge on any atom is -0.496 e. The van der Waals surface area contributed by atoms with Crippen LogP contribution in [0.4, 0.5) is 5.69 Å². The Kier molecular flexibility index (Phi) is 4.53. The Bertz CT molecular complexity index is 752. The maximum absolute atomic E-state index is 11.6. The van der Waals surface area contributed by atoms with Gasteiger partial charge in [0.1, 0.15) is 5.75 Å². The molecule has 0 saturated carbocycles. The van der Waals surface area contributed by atoms with Crippen LogP contribution in [0.15, 0.2) is 48.5 Å². The van der Waals surface area contributed by atoms with Crippen LogP contribution in [0.5, 0.6) is 5.75 Å². The number of para-hydroxylation sites is 2. The molecule has 2 rings (SSSR count). The van der Waals surface area contributed by atoms with Crippen molar-refractivity contribution in [2.75, 3.05) is 7.11 Å². The molecule has 0 aliphatic carbocycles. The first-order valence-corrected chi connectivity index (χ1v) is 6.36. The van der Waals surface area contributed by atoms with E-state index >= 15 is 0 Å². The molecule has 0 unspecified atom stereocenters. The number of nitro groups is 1. The fourth-order valence-corrected chi connectivity index (χ4v) is 2.05. The third kappa shape index (κ3) is 3.12. The lowest BCUT2D eigenvalue weighted by molar-refractivity contribution is -0.385. The zero-order valence-corrected chi connectivity index (χ0v) is 11.7. The van der Waals surface area contributed by atoms with Gasteiger partial charge in [0.2, 0.25) is 0 Å². The highest BCUT2D eigenvalue weighted by atomic mass is 16.6. The second-order valence-corrected chi connectivity index (χ2v) is 4.38. The van der Waals surface area contributed by atoms with Crippen molar-refractivity contribution in [3.8, 4) is 5.75 Å². The van der Waals surface area contributed by atoms with Crippen LogP contribution in [-0.2, 0) is 4.79 Å². The quantitative estimate of drug-likeness (QED) is 0.396. The second kappa shape index (κ2) is 6.53. The van der Waals surface area contributed by atoms with Crippen molar-refractivity contribution in [1.29, 1.82) is 0 Å². The number of carboxylic acids is 1. The van der Waals surface area contributed by atoms with E-state index in [1.54, 1.807) is 30.3 Å². The number of rotatable bonds is 5. The number of carbonyl (C=O) groups is 1. The standard InChI is InChI=1S/C16H13NO5/c1-22-15-9-5-3-7-12(15)13(16(18)19)10-11-6-2-4-8-14(11)17(20)21/h2-10H,1H3,(H,18,19)/b13-10+. The van der Waals surface area contributed by atoms with Gasteiger partial charge in [0, 0.05) is 11.6 Å². The molecule has 0 saturated heterocycles. The van der Waals surface area contributed by atoms with Crippen molar-refractivity contribution in [2.45, 2.75) is 0 Å². The van der Waals surface area contributed by atoms with Gasteiger partial charge >= 0.3 is 5.97 Å². The number of hydrogen-bond acceptors (Lipinski definition) is 4. The third-order valence-corrected chi connectivity index (χ3v) is 3.06. The Balaban J connectivity index is 2.63. The summed E-state index contributed by atoms with van der Waals surface area (Å²) in [6.07, 6.45) is 1.28.